The fourth-order valence-electron chi connectivity index (χ4n) is 5.57. The predicted octanol–water partition coefficient (Wildman–Crippen LogP) is 3.56. The van der Waals surface area contributed by atoms with Crippen molar-refractivity contribution in [2.45, 2.75) is 6.42 Å². The summed E-state index contributed by atoms with van der Waals surface area (Å²) in [5.74, 6) is 0. The van der Waals surface area contributed by atoms with Crippen LogP contribution < -0.4 is 11.2 Å². The number of hydrogen-bond donors (Lipinski definition) is 0. The van der Waals surface area contributed by atoms with E-state index in [2.05, 4.69) is 80.8 Å². The molecule has 4 heterocycles. The van der Waals surface area contributed by atoms with E-state index in [1.165, 1.54) is 16.6 Å². The number of nitrogens with zero attached hydrogens (tertiary/aromatic N) is 4. The van der Waals surface area contributed by atoms with Gasteiger partial charge in [0.2, 0.25) is 0 Å². The van der Waals surface area contributed by atoms with Gasteiger partial charge in [0.1, 0.15) is 0 Å². The van der Waals surface area contributed by atoms with Gasteiger partial charge in [0.05, 0.1) is 0 Å². The summed E-state index contributed by atoms with van der Waals surface area (Å²) in [6.45, 7) is 0.980. The van der Waals surface area contributed by atoms with Crippen molar-refractivity contribution in [3.8, 4) is 0 Å². The molecule has 5 heteroatoms. The van der Waals surface area contributed by atoms with Crippen LogP contribution >= 0.6 is 0 Å². The Morgan fingerprint density at radius 2 is 1.22 bits per heavy atom. The molecule has 0 aliphatic carbocycles. The van der Waals surface area contributed by atoms with Gasteiger partial charge in [0.15, 0.2) is 0 Å². The summed E-state index contributed by atoms with van der Waals surface area (Å²) in [6, 6.07) is 29.4. The summed E-state index contributed by atoms with van der Waals surface area (Å²) in [7, 11) is 4.63. The molecular weight excluding hydrogens is 391 g/mol. The molecule has 0 spiro atoms. The lowest BCUT2D eigenvalue weighted by Gasteiger charge is -2.59. The minimum absolute atomic E-state index is 0.760. The SMILES string of the molecule is C[N+]1(C)CCC(c2ccccc2)=C(c2ccccn2)[B-]1(c1ccccn1)c1ccccn1. The van der Waals surface area contributed by atoms with E-state index in [9.17, 15) is 0 Å². The van der Waals surface area contributed by atoms with Gasteiger partial charge in [-0.2, -0.15) is 0 Å². The summed E-state index contributed by atoms with van der Waals surface area (Å²) in [4.78, 5) is 14.8. The van der Waals surface area contributed by atoms with Crippen molar-refractivity contribution < 1.29 is 4.39 Å². The van der Waals surface area contributed by atoms with Crippen molar-refractivity contribution in [3.05, 3.63) is 115 Å². The Morgan fingerprint density at radius 3 is 1.75 bits per heavy atom. The molecule has 0 saturated carbocycles. The smallest absolute Gasteiger partial charge is 0.327 e. The number of hydrogen-bond acceptors (Lipinski definition) is 3. The van der Waals surface area contributed by atoms with Crippen LogP contribution in [0.3, 0.4) is 0 Å². The molecule has 32 heavy (non-hydrogen) atoms. The molecule has 158 valence electrons. The minimum Gasteiger partial charge on any atom is -0.506 e. The van der Waals surface area contributed by atoms with Crippen LogP contribution in [0.2, 0.25) is 0 Å². The predicted molar refractivity (Wildman–Crippen MR) is 133 cm³/mol. The van der Waals surface area contributed by atoms with E-state index in [-0.39, 0.29) is 0 Å². The first kappa shape index (κ1) is 20.3. The van der Waals surface area contributed by atoms with E-state index >= 15 is 0 Å². The first-order chi connectivity index (χ1) is 15.6. The zero-order valence-corrected chi connectivity index (χ0v) is 18.6. The lowest BCUT2D eigenvalue weighted by Crippen LogP contribution is -2.80. The third kappa shape index (κ3) is 3.17. The molecule has 4 nitrogen and oxygen atoms in total. The third-order valence-corrected chi connectivity index (χ3v) is 7.02. The summed E-state index contributed by atoms with van der Waals surface area (Å²) in [5.41, 5.74) is 6.90. The molecule has 0 atom stereocenters. The molecule has 0 unspecified atom stereocenters. The standard InChI is InChI=1S/C27H27BN4/c1-32(2)21-17-23(22-12-4-3-5-13-22)27(24-14-6-9-18-29-24)28(32,25-15-7-10-19-30-25)26-16-8-11-20-31-26/h3-16,18-20H,17,21H2,1-2H3. The van der Waals surface area contributed by atoms with Crippen LogP contribution in [-0.2, 0) is 0 Å². The summed E-state index contributed by atoms with van der Waals surface area (Å²) < 4.78 is 0.760. The van der Waals surface area contributed by atoms with Crippen molar-refractivity contribution in [1.82, 2.24) is 15.0 Å². The largest absolute Gasteiger partial charge is 0.506 e. The van der Waals surface area contributed by atoms with E-state index in [1.807, 2.05) is 36.8 Å². The van der Waals surface area contributed by atoms with Crippen LogP contribution in [0.4, 0.5) is 0 Å². The number of pyridine rings is 3. The Kier molecular flexibility index (Phi) is 5.20. The van der Waals surface area contributed by atoms with E-state index in [0.717, 1.165) is 34.2 Å². The summed E-state index contributed by atoms with van der Waals surface area (Å²) >= 11 is 0. The molecule has 0 saturated heterocycles. The van der Waals surface area contributed by atoms with Crippen LogP contribution in [0.25, 0.3) is 11.0 Å². The van der Waals surface area contributed by atoms with Crippen LogP contribution in [0, 0.1) is 0 Å². The van der Waals surface area contributed by atoms with E-state index < -0.39 is 6.28 Å². The average Bonchev–Trinajstić information content (AvgIpc) is 2.85. The highest BCUT2D eigenvalue weighted by Crippen LogP contribution is 2.42. The van der Waals surface area contributed by atoms with Crippen molar-refractivity contribution >= 4 is 28.5 Å². The molecule has 4 aromatic rings. The van der Waals surface area contributed by atoms with Gasteiger partial charge in [-0.1, -0.05) is 66.2 Å². The third-order valence-electron chi connectivity index (χ3n) is 7.02. The van der Waals surface area contributed by atoms with Crippen LogP contribution in [0.5, 0.6) is 0 Å². The molecule has 1 aromatic carbocycles. The topological polar surface area (TPSA) is 38.7 Å². The quantitative estimate of drug-likeness (QED) is 0.476. The molecule has 0 amide bonds. The van der Waals surface area contributed by atoms with Gasteiger partial charge < -0.3 is 4.39 Å². The highest BCUT2D eigenvalue weighted by atomic mass is 15.3. The molecule has 0 radical (unpaired) electrons. The molecule has 3 aromatic heterocycles. The summed E-state index contributed by atoms with van der Waals surface area (Å²) in [5, 5.41) is 0. The number of rotatable bonds is 4. The van der Waals surface area contributed by atoms with E-state index in [0.29, 0.717) is 0 Å². The van der Waals surface area contributed by atoms with Gasteiger partial charge in [-0.05, 0) is 41.0 Å². The fraction of sp³-hybridized carbons (Fsp3) is 0.148. The minimum atomic E-state index is -1.57. The molecule has 1 aliphatic rings. The maximum Gasteiger partial charge on any atom is 0.327 e. The highest BCUT2D eigenvalue weighted by molar-refractivity contribution is 7.10. The molecule has 5 rings (SSSR count). The number of quaternary nitrogens is 1. The second-order valence-corrected chi connectivity index (χ2v) is 9.05. The Balaban J connectivity index is 1.97. The fourth-order valence-corrected chi connectivity index (χ4v) is 5.57. The second-order valence-electron chi connectivity index (χ2n) is 9.05. The van der Waals surface area contributed by atoms with Gasteiger partial charge in [-0.25, -0.2) is 0 Å². The van der Waals surface area contributed by atoms with Crippen molar-refractivity contribution in [1.29, 1.82) is 0 Å². The van der Waals surface area contributed by atoms with Gasteiger partial charge in [0.25, 0.3) is 0 Å². The van der Waals surface area contributed by atoms with Gasteiger partial charge in [-0.3, -0.25) is 15.0 Å². The van der Waals surface area contributed by atoms with Crippen molar-refractivity contribution in [3.63, 3.8) is 0 Å². The van der Waals surface area contributed by atoms with Crippen molar-refractivity contribution in [2.24, 2.45) is 0 Å². The van der Waals surface area contributed by atoms with Gasteiger partial charge >= 0.3 is 6.28 Å². The zero-order chi connectivity index (χ0) is 22.0. The molecular formula is C27H27BN4. The average molecular weight is 418 g/mol. The van der Waals surface area contributed by atoms with E-state index in [4.69, 9.17) is 15.0 Å². The monoisotopic (exact) mass is 418 g/mol. The normalized spacial score (nSPS) is 17.2. The lowest BCUT2D eigenvalue weighted by molar-refractivity contribution is -0.786. The first-order valence-electron chi connectivity index (χ1n) is 11.2. The molecule has 0 bridgehead atoms. The Hall–Kier alpha value is -3.57. The number of benzene rings is 1. The van der Waals surface area contributed by atoms with Crippen molar-refractivity contribution in [2.75, 3.05) is 20.6 Å². The number of aromatic nitrogens is 3. The Labute approximate surface area is 189 Å². The zero-order valence-electron chi connectivity index (χ0n) is 18.6. The van der Waals surface area contributed by atoms with E-state index in [1.54, 1.807) is 0 Å². The second kappa shape index (κ2) is 8.17. The van der Waals surface area contributed by atoms with Crippen LogP contribution in [-0.4, -0.2) is 46.3 Å². The molecule has 0 N–H and O–H groups in total. The highest BCUT2D eigenvalue weighted by Gasteiger charge is 2.53. The summed E-state index contributed by atoms with van der Waals surface area (Å²) in [6.07, 6.45) is 5.07. The van der Waals surface area contributed by atoms with Gasteiger partial charge in [0, 0.05) is 51.3 Å². The van der Waals surface area contributed by atoms with Gasteiger partial charge in [-0.15, -0.1) is 5.47 Å². The van der Waals surface area contributed by atoms with Crippen LogP contribution in [0.1, 0.15) is 17.7 Å². The van der Waals surface area contributed by atoms with Crippen LogP contribution in [0.15, 0.2) is 104 Å². The molecule has 0 fully saturated rings. The maximum absolute atomic E-state index is 4.96. The maximum atomic E-state index is 4.96. The molecule has 1 aliphatic heterocycles. The Bertz CT molecular complexity index is 1180. The Morgan fingerprint density at radius 1 is 0.656 bits per heavy atom. The lowest BCUT2D eigenvalue weighted by atomic mass is 9.22. The first-order valence-corrected chi connectivity index (χ1v) is 11.2.